The quantitative estimate of drug-likeness (QED) is 0.804. The van der Waals surface area contributed by atoms with Crippen molar-refractivity contribution in [3.63, 3.8) is 0 Å². The average molecular weight is 405 g/mol. The zero-order chi connectivity index (χ0) is 17.0. The van der Waals surface area contributed by atoms with Gasteiger partial charge in [-0.3, -0.25) is 4.79 Å². The summed E-state index contributed by atoms with van der Waals surface area (Å²) < 4.78 is 5.36. The maximum absolute atomic E-state index is 12.5. The smallest absolute Gasteiger partial charge is 0.225 e. The van der Waals surface area contributed by atoms with Crippen LogP contribution in [0, 0.1) is 5.92 Å². The average Bonchev–Trinajstić information content (AvgIpc) is 2.60. The molecule has 2 atom stereocenters. The Bertz CT molecular complexity index is 563. The highest BCUT2D eigenvalue weighted by Crippen LogP contribution is 2.31. The number of pyridine rings is 1. The van der Waals surface area contributed by atoms with Crippen LogP contribution < -0.4 is 16.0 Å². The molecule has 0 aromatic carbocycles. The van der Waals surface area contributed by atoms with E-state index in [0.29, 0.717) is 6.54 Å². The Balaban J connectivity index is 0.00000169. The molecular weight excluding hydrogens is 375 g/mol. The van der Waals surface area contributed by atoms with E-state index in [1.165, 1.54) is 0 Å². The molecule has 0 spiro atoms. The number of nitrogens with zero attached hydrogens (tertiary/aromatic N) is 2. The van der Waals surface area contributed by atoms with Gasteiger partial charge in [0.05, 0.1) is 19.1 Å². The number of amides is 1. The van der Waals surface area contributed by atoms with Gasteiger partial charge in [-0.2, -0.15) is 0 Å². The van der Waals surface area contributed by atoms with Crippen molar-refractivity contribution < 1.29 is 9.53 Å². The van der Waals surface area contributed by atoms with Crippen molar-refractivity contribution in [3.05, 3.63) is 23.9 Å². The van der Waals surface area contributed by atoms with Gasteiger partial charge in [-0.15, -0.1) is 24.8 Å². The molecule has 8 heteroatoms. The summed E-state index contributed by atoms with van der Waals surface area (Å²) in [6.45, 7) is 5.74. The van der Waals surface area contributed by atoms with Crippen LogP contribution in [0.25, 0.3) is 0 Å². The summed E-state index contributed by atoms with van der Waals surface area (Å²) >= 11 is 0. The SMILES string of the molecule is CC1(N)CCCCC1C(=O)NCc1ccc(N2CCOCC2)nc1.Cl.Cl. The van der Waals surface area contributed by atoms with Gasteiger partial charge in [0, 0.05) is 31.4 Å². The van der Waals surface area contributed by atoms with Crippen LogP contribution in [0.4, 0.5) is 5.82 Å². The number of hydrogen-bond acceptors (Lipinski definition) is 5. The van der Waals surface area contributed by atoms with Gasteiger partial charge in [-0.25, -0.2) is 4.98 Å². The molecule has 1 aliphatic heterocycles. The van der Waals surface area contributed by atoms with Crippen LogP contribution in [0.15, 0.2) is 18.3 Å². The first-order valence-electron chi connectivity index (χ1n) is 8.90. The molecule has 26 heavy (non-hydrogen) atoms. The van der Waals surface area contributed by atoms with Crippen LogP contribution in [0.3, 0.4) is 0 Å². The molecule has 6 nitrogen and oxygen atoms in total. The molecule has 2 fully saturated rings. The molecule has 2 unspecified atom stereocenters. The number of ether oxygens (including phenoxy) is 1. The van der Waals surface area contributed by atoms with Gasteiger partial charge in [0.15, 0.2) is 0 Å². The van der Waals surface area contributed by atoms with Crippen LogP contribution in [0.2, 0.25) is 0 Å². The van der Waals surface area contributed by atoms with Gasteiger partial charge in [0.1, 0.15) is 5.82 Å². The van der Waals surface area contributed by atoms with Crippen molar-refractivity contribution in [2.45, 2.75) is 44.7 Å². The third-order valence-corrected chi connectivity index (χ3v) is 5.18. The lowest BCUT2D eigenvalue weighted by atomic mass is 9.74. The largest absolute Gasteiger partial charge is 0.378 e. The fourth-order valence-electron chi connectivity index (χ4n) is 3.60. The van der Waals surface area contributed by atoms with E-state index in [4.69, 9.17) is 10.5 Å². The standard InChI is InChI=1S/C18H28N4O2.2ClH/c1-18(19)7-3-2-4-15(18)17(23)21-13-14-5-6-16(20-12-14)22-8-10-24-11-9-22;;/h5-6,12,15H,2-4,7-11,13,19H2,1H3,(H,21,23);2*1H. The van der Waals surface area contributed by atoms with Crippen LogP contribution in [-0.4, -0.2) is 42.7 Å². The molecule has 3 rings (SSSR count). The molecule has 1 amide bonds. The monoisotopic (exact) mass is 404 g/mol. The Morgan fingerprint density at radius 2 is 2.08 bits per heavy atom. The maximum Gasteiger partial charge on any atom is 0.225 e. The fourth-order valence-corrected chi connectivity index (χ4v) is 3.60. The minimum Gasteiger partial charge on any atom is -0.378 e. The number of hydrogen-bond donors (Lipinski definition) is 2. The number of morpholine rings is 1. The van der Waals surface area contributed by atoms with Crippen molar-refractivity contribution >= 4 is 36.5 Å². The van der Waals surface area contributed by atoms with Crippen LogP contribution >= 0.6 is 24.8 Å². The Morgan fingerprint density at radius 3 is 2.69 bits per heavy atom. The van der Waals surface area contributed by atoms with Gasteiger partial charge in [0.2, 0.25) is 5.91 Å². The number of carbonyl (C=O) groups excluding carboxylic acids is 1. The molecule has 1 saturated carbocycles. The third kappa shape index (κ3) is 5.71. The molecule has 0 bridgehead atoms. The highest BCUT2D eigenvalue weighted by molar-refractivity contribution is 5.85. The second kappa shape index (κ2) is 10.3. The highest BCUT2D eigenvalue weighted by atomic mass is 35.5. The number of halogens is 2. The maximum atomic E-state index is 12.5. The number of nitrogens with one attached hydrogen (secondary N) is 1. The lowest BCUT2D eigenvalue weighted by molar-refractivity contribution is -0.128. The first kappa shape index (κ1) is 23.0. The first-order chi connectivity index (χ1) is 11.6. The molecule has 2 heterocycles. The molecule has 1 saturated heterocycles. The van der Waals surface area contributed by atoms with Crippen molar-refractivity contribution in [1.82, 2.24) is 10.3 Å². The van der Waals surface area contributed by atoms with Crippen molar-refractivity contribution in [3.8, 4) is 0 Å². The number of aromatic nitrogens is 1. The van der Waals surface area contributed by atoms with E-state index in [0.717, 1.165) is 63.4 Å². The summed E-state index contributed by atoms with van der Waals surface area (Å²) in [5.41, 5.74) is 6.93. The summed E-state index contributed by atoms with van der Waals surface area (Å²) in [6, 6.07) is 4.04. The summed E-state index contributed by atoms with van der Waals surface area (Å²) in [5, 5.41) is 3.03. The highest BCUT2D eigenvalue weighted by Gasteiger charge is 2.37. The van der Waals surface area contributed by atoms with Gasteiger partial charge in [-0.1, -0.05) is 18.9 Å². The minimum absolute atomic E-state index is 0. The second-order valence-corrected chi connectivity index (χ2v) is 7.15. The van der Waals surface area contributed by atoms with Gasteiger partial charge in [-0.05, 0) is 31.4 Å². The van der Waals surface area contributed by atoms with Crippen LogP contribution in [-0.2, 0) is 16.1 Å². The topological polar surface area (TPSA) is 80.5 Å². The molecule has 1 aliphatic carbocycles. The van der Waals surface area contributed by atoms with E-state index in [1.807, 2.05) is 25.3 Å². The van der Waals surface area contributed by atoms with E-state index in [1.54, 1.807) is 0 Å². The van der Waals surface area contributed by atoms with E-state index >= 15 is 0 Å². The van der Waals surface area contributed by atoms with E-state index in [9.17, 15) is 4.79 Å². The summed E-state index contributed by atoms with van der Waals surface area (Å²) in [7, 11) is 0. The zero-order valence-corrected chi connectivity index (χ0v) is 16.9. The Hall–Kier alpha value is -1.08. The second-order valence-electron chi connectivity index (χ2n) is 7.15. The summed E-state index contributed by atoms with van der Waals surface area (Å²) in [4.78, 5) is 19.2. The molecule has 1 aromatic rings. The normalized spacial score (nSPS) is 25.6. The predicted molar refractivity (Wildman–Crippen MR) is 108 cm³/mol. The lowest BCUT2D eigenvalue weighted by Gasteiger charge is -2.37. The van der Waals surface area contributed by atoms with E-state index < -0.39 is 0 Å². The Kier molecular flexibility index (Phi) is 9.10. The summed E-state index contributed by atoms with van der Waals surface area (Å²) in [6.07, 6.45) is 5.84. The van der Waals surface area contributed by atoms with Crippen molar-refractivity contribution in [1.29, 1.82) is 0 Å². The fraction of sp³-hybridized carbons (Fsp3) is 0.667. The molecule has 2 aliphatic rings. The molecule has 0 radical (unpaired) electrons. The molecule has 148 valence electrons. The van der Waals surface area contributed by atoms with E-state index in [2.05, 4.69) is 15.2 Å². The Morgan fingerprint density at radius 1 is 1.35 bits per heavy atom. The number of carbonyl (C=O) groups is 1. The van der Waals surface area contributed by atoms with Gasteiger partial charge >= 0.3 is 0 Å². The van der Waals surface area contributed by atoms with E-state index in [-0.39, 0.29) is 42.2 Å². The minimum atomic E-state index is -0.388. The first-order valence-corrected chi connectivity index (χ1v) is 8.90. The lowest BCUT2D eigenvalue weighted by Crippen LogP contribution is -2.52. The van der Waals surface area contributed by atoms with Crippen LogP contribution in [0.5, 0.6) is 0 Å². The Labute approximate surface area is 168 Å². The van der Waals surface area contributed by atoms with Crippen molar-refractivity contribution in [2.24, 2.45) is 11.7 Å². The number of rotatable bonds is 4. The number of nitrogens with two attached hydrogens (primary N) is 1. The molecule has 3 N–H and O–H groups in total. The number of anilines is 1. The zero-order valence-electron chi connectivity index (χ0n) is 15.3. The molecular formula is C18H30Cl2N4O2. The molecule has 1 aromatic heterocycles. The van der Waals surface area contributed by atoms with Gasteiger partial charge < -0.3 is 20.7 Å². The predicted octanol–water partition coefficient (Wildman–Crippen LogP) is 2.29. The van der Waals surface area contributed by atoms with Gasteiger partial charge in [0.25, 0.3) is 0 Å². The van der Waals surface area contributed by atoms with Crippen molar-refractivity contribution in [2.75, 3.05) is 31.2 Å². The summed E-state index contributed by atoms with van der Waals surface area (Å²) in [5.74, 6) is 0.943. The van der Waals surface area contributed by atoms with Crippen LogP contribution in [0.1, 0.15) is 38.2 Å². The third-order valence-electron chi connectivity index (χ3n) is 5.18.